The zero-order valence-corrected chi connectivity index (χ0v) is 21.0. The second kappa shape index (κ2) is 9.47. The van der Waals surface area contributed by atoms with Gasteiger partial charge in [-0.15, -0.1) is 0 Å². The Balaban J connectivity index is 1.41. The van der Waals surface area contributed by atoms with E-state index in [0.29, 0.717) is 5.69 Å². The zero-order valence-electron chi connectivity index (χ0n) is 21.0. The fourth-order valence-corrected chi connectivity index (χ4v) is 5.14. The van der Waals surface area contributed by atoms with Gasteiger partial charge < -0.3 is 5.11 Å². The summed E-state index contributed by atoms with van der Waals surface area (Å²) in [6, 6.07) is 46.1. The van der Waals surface area contributed by atoms with Gasteiger partial charge in [0, 0.05) is 22.1 Å². The molecule has 7 aromatic rings. The molecule has 0 saturated heterocycles. The molecule has 0 aliphatic rings. The normalized spacial score (nSPS) is 11.2. The highest BCUT2D eigenvalue weighted by atomic mass is 16.3. The van der Waals surface area contributed by atoms with Gasteiger partial charge in [-0.3, -0.25) is 9.47 Å². The molecule has 0 aliphatic heterocycles. The van der Waals surface area contributed by atoms with Crippen molar-refractivity contribution in [2.75, 3.05) is 4.90 Å². The molecule has 0 bridgehead atoms. The Labute approximate surface area is 225 Å². The number of aromatic hydroxyl groups is 1. The third kappa shape index (κ3) is 3.97. The van der Waals surface area contributed by atoms with Gasteiger partial charge >= 0.3 is 0 Å². The van der Waals surface area contributed by atoms with Crippen molar-refractivity contribution in [3.63, 3.8) is 0 Å². The fourth-order valence-electron chi connectivity index (χ4n) is 5.14. The van der Waals surface area contributed by atoms with Crippen LogP contribution in [0.1, 0.15) is 0 Å². The molecule has 0 spiro atoms. The first-order chi connectivity index (χ1) is 19.3. The third-order valence-corrected chi connectivity index (χ3v) is 6.90. The second-order valence-corrected chi connectivity index (χ2v) is 9.30. The quantitative estimate of drug-likeness (QED) is 0.256. The largest absolute Gasteiger partial charge is 0.506 e. The van der Waals surface area contributed by atoms with Gasteiger partial charge in [-0.25, -0.2) is 9.97 Å². The molecule has 7 rings (SSSR count). The van der Waals surface area contributed by atoms with Crippen LogP contribution in [-0.4, -0.2) is 19.6 Å². The summed E-state index contributed by atoms with van der Waals surface area (Å²) in [6.07, 6.45) is 0. The molecule has 5 heteroatoms. The Kier molecular flexibility index (Phi) is 5.52. The molecule has 0 saturated carbocycles. The van der Waals surface area contributed by atoms with E-state index in [0.717, 1.165) is 50.5 Å². The van der Waals surface area contributed by atoms with E-state index >= 15 is 0 Å². The summed E-state index contributed by atoms with van der Waals surface area (Å²) in [5, 5.41) is 12.8. The van der Waals surface area contributed by atoms with Crippen molar-refractivity contribution in [1.82, 2.24) is 14.5 Å². The molecule has 1 N–H and O–H groups in total. The number of aromatic nitrogens is 3. The molecule has 0 aliphatic carbocycles. The van der Waals surface area contributed by atoms with Crippen LogP contribution in [0.5, 0.6) is 5.75 Å². The zero-order chi connectivity index (χ0) is 26.2. The molecule has 0 atom stereocenters. The molecular weight excluding hydrogens is 480 g/mol. The number of anilines is 3. The van der Waals surface area contributed by atoms with Crippen molar-refractivity contribution in [3.05, 3.63) is 140 Å². The summed E-state index contributed by atoms with van der Waals surface area (Å²) in [6.45, 7) is 0. The third-order valence-electron chi connectivity index (χ3n) is 6.90. The van der Waals surface area contributed by atoms with Crippen LogP contribution in [-0.2, 0) is 0 Å². The summed E-state index contributed by atoms with van der Waals surface area (Å²) in [4.78, 5) is 12.3. The maximum Gasteiger partial charge on any atom is 0.146 e. The standard InChI is InChI=1S/C34H24N4O/c39-32-20-10-9-19-31(32)38-30-18-8-7-16-26(30)27-22-23-29(36-34(27)38)28-17-11-21-33(35-28)37(24-12-3-1-4-13-24)25-14-5-2-6-15-25/h1-23,39H. The second-order valence-electron chi connectivity index (χ2n) is 9.30. The number of rotatable bonds is 5. The van der Waals surface area contributed by atoms with Crippen LogP contribution in [0.15, 0.2) is 140 Å². The lowest BCUT2D eigenvalue weighted by molar-refractivity contribution is 0.473. The van der Waals surface area contributed by atoms with Crippen LogP contribution in [0.25, 0.3) is 39.0 Å². The van der Waals surface area contributed by atoms with Gasteiger partial charge in [0.15, 0.2) is 0 Å². The van der Waals surface area contributed by atoms with Crippen molar-refractivity contribution >= 4 is 39.1 Å². The highest BCUT2D eigenvalue weighted by molar-refractivity contribution is 6.08. The first-order valence-electron chi connectivity index (χ1n) is 12.8. The molecule has 3 aromatic heterocycles. The van der Waals surface area contributed by atoms with E-state index in [4.69, 9.17) is 9.97 Å². The first-order valence-corrected chi connectivity index (χ1v) is 12.8. The molecule has 5 nitrogen and oxygen atoms in total. The molecule has 0 radical (unpaired) electrons. The molecule has 0 amide bonds. The smallest absolute Gasteiger partial charge is 0.146 e. The van der Waals surface area contributed by atoms with Crippen LogP contribution >= 0.6 is 0 Å². The SMILES string of the molecule is Oc1ccccc1-n1c2ccccc2c2ccc(-c3cccc(N(c4ccccc4)c4ccccc4)n3)nc21. The monoisotopic (exact) mass is 504 g/mol. The van der Waals surface area contributed by atoms with Crippen molar-refractivity contribution in [1.29, 1.82) is 0 Å². The minimum atomic E-state index is 0.203. The van der Waals surface area contributed by atoms with Gasteiger partial charge in [0.1, 0.15) is 17.2 Å². The van der Waals surface area contributed by atoms with Gasteiger partial charge in [0.2, 0.25) is 0 Å². The summed E-state index contributed by atoms with van der Waals surface area (Å²) >= 11 is 0. The number of hydrogen-bond acceptors (Lipinski definition) is 4. The molecule has 186 valence electrons. The van der Waals surface area contributed by atoms with Crippen LogP contribution < -0.4 is 4.90 Å². The number of pyridine rings is 2. The summed E-state index contributed by atoms with van der Waals surface area (Å²) < 4.78 is 2.02. The van der Waals surface area contributed by atoms with Crippen molar-refractivity contribution < 1.29 is 5.11 Å². The number of phenols is 1. The van der Waals surface area contributed by atoms with Gasteiger partial charge in [-0.2, -0.15) is 0 Å². The Hall–Kier alpha value is -5.42. The Bertz CT molecular complexity index is 1890. The summed E-state index contributed by atoms with van der Waals surface area (Å²) in [5.41, 5.74) is 6.01. The van der Waals surface area contributed by atoms with Crippen molar-refractivity contribution in [2.24, 2.45) is 0 Å². The van der Waals surface area contributed by atoms with Crippen LogP contribution in [0.2, 0.25) is 0 Å². The molecule has 0 unspecified atom stereocenters. The van der Waals surface area contributed by atoms with Crippen LogP contribution in [0.4, 0.5) is 17.2 Å². The summed E-state index contributed by atoms with van der Waals surface area (Å²) in [7, 11) is 0. The molecular formula is C34H24N4O. The maximum atomic E-state index is 10.7. The van der Waals surface area contributed by atoms with E-state index in [1.165, 1.54) is 0 Å². The van der Waals surface area contributed by atoms with E-state index in [1.807, 2.05) is 95.6 Å². The highest BCUT2D eigenvalue weighted by Crippen LogP contribution is 2.36. The van der Waals surface area contributed by atoms with E-state index in [1.54, 1.807) is 6.07 Å². The molecule has 3 heterocycles. The number of benzene rings is 4. The van der Waals surface area contributed by atoms with Crippen LogP contribution in [0.3, 0.4) is 0 Å². The first kappa shape index (κ1) is 22.8. The Morgan fingerprint density at radius 1 is 0.513 bits per heavy atom. The van der Waals surface area contributed by atoms with Gasteiger partial charge in [0.25, 0.3) is 0 Å². The van der Waals surface area contributed by atoms with Gasteiger partial charge in [-0.1, -0.05) is 72.8 Å². The number of fused-ring (bicyclic) bond motifs is 3. The highest BCUT2D eigenvalue weighted by Gasteiger charge is 2.18. The minimum absolute atomic E-state index is 0.203. The number of hydrogen-bond donors (Lipinski definition) is 1. The predicted molar refractivity (Wildman–Crippen MR) is 158 cm³/mol. The van der Waals surface area contributed by atoms with E-state index in [-0.39, 0.29) is 5.75 Å². The van der Waals surface area contributed by atoms with E-state index in [9.17, 15) is 5.11 Å². The fraction of sp³-hybridized carbons (Fsp3) is 0. The lowest BCUT2D eigenvalue weighted by Gasteiger charge is -2.24. The molecule has 39 heavy (non-hydrogen) atoms. The lowest BCUT2D eigenvalue weighted by Crippen LogP contribution is -2.11. The van der Waals surface area contributed by atoms with E-state index < -0.39 is 0 Å². The minimum Gasteiger partial charge on any atom is -0.506 e. The van der Waals surface area contributed by atoms with E-state index in [2.05, 4.69) is 47.4 Å². The number of phenolic OH excluding ortho intramolecular Hbond substituents is 1. The maximum absolute atomic E-state index is 10.7. The van der Waals surface area contributed by atoms with Crippen molar-refractivity contribution in [3.8, 4) is 22.8 Å². The lowest BCUT2D eigenvalue weighted by atomic mass is 10.1. The van der Waals surface area contributed by atoms with Gasteiger partial charge in [0.05, 0.1) is 22.6 Å². The predicted octanol–water partition coefficient (Wildman–Crippen LogP) is 8.42. The van der Waals surface area contributed by atoms with Crippen molar-refractivity contribution in [2.45, 2.75) is 0 Å². The molecule has 0 fully saturated rings. The van der Waals surface area contributed by atoms with Crippen LogP contribution in [0, 0.1) is 0 Å². The number of nitrogens with zero attached hydrogens (tertiary/aromatic N) is 4. The summed E-state index contributed by atoms with van der Waals surface area (Å²) in [5.74, 6) is 1.00. The molecule has 4 aromatic carbocycles. The Morgan fingerprint density at radius 2 is 1.15 bits per heavy atom. The Morgan fingerprint density at radius 3 is 1.90 bits per heavy atom. The topological polar surface area (TPSA) is 54.2 Å². The van der Waals surface area contributed by atoms with Gasteiger partial charge in [-0.05, 0) is 66.7 Å². The average Bonchev–Trinajstić information content (AvgIpc) is 3.32. The average molecular weight is 505 g/mol. The number of para-hydroxylation sites is 5.